The summed E-state index contributed by atoms with van der Waals surface area (Å²) in [6.45, 7) is 7.55. The topological polar surface area (TPSA) is 101 Å². The lowest BCUT2D eigenvalue weighted by atomic mass is 9.87. The summed E-state index contributed by atoms with van der Waals surface area (Å²) in [5.41, 5.74) is 2.56. The van der Waals surface area contributed by atoms with Crippen LogP contribution in [0.5, 0.6) is 0 Å². The lowest BCUT2D eigenvalue weighted by molar-refractivity contribution is -0.142. The summed E-state index contributed by atoms with van der Waals surface area (Å²) in [4.78, 5) is 38.6. The molecule has 2 N–H and O–H groups in total. The maximum atomic E-state index is 13.0. The highest BCUT2D eigenvalue weighted by molar-refractivity contribution is 9.10. The van der Waals surface area contributed by atoms with Crippen molar-refractivity contribution in [2.75, 3.05) is 19.6 Å². The largest absolute Gasteiger partial charge is 0.481 e. The number of hydrogen-bond acceptors (Lipinski definition) is 4. The van der Waals surface area contributed by atoms with E-state index in [1.165, 1.54) is 0 Å². The molecule has 1 saturated heterocycles. The lowest BCUT2D eigenvalue weighted by Crippen LogP contribution is -2.44. The van der Waals surface area contributed by atoms with Crippen molar-refractivity contribution in [3.63, 3.8) is 0 Å². The van der Waals surface area contributed by atoms with Crippen molar-refractivity contribution in [1.29, 1.82) is 0 Å². The van der Waals surface area contributed by atoms with E-state index in [1.54, 1.807) is 4.90 Å². The van der Waals surface area contributed by atoms with E-state index in [-0.39, 0.29) is 18.5 Å². The number of hydrogen-bond donors (Lipinski definition) is 2. The number of nitrogens with zero attached hydrogens (tertiary/aromatic N) is 2. The first-order chi connectivity index (χ1) is 16.5. The van der Waals surface area contributed by atoms with E-state index >= 15 is 0 Å². The Labute approximate surface area is 214 Å². The number of nitrogens with one attached hydrogen (secondary N) is 1. The fourth-order valence-electron chi connectivity index (χ4n) is 5.11. The molecule has 0 radical (unpaired) electrons. The van der Waals surface area contributed by atoms with E-state index in [1.807, 2.05) is 37.5 Å². The van der Waals surface area contributed by atoms with Crippen molar-refractivity contribution in [3.05, 3.63) is 33.9 Å². The van der Waals surface area contributed by atoms with Crippen molar-refractivity contribution in [1.82, 2.24) is 14.8 Å². The van der Waals surface area contributed by atoms with Gasteiger partial charge in [-0.2, -0.15) is 0 Å². The Hall–Kier alpha value is -2.55. The summed E-state index contributed by atoms with van der Waals surface area (Å²) < 4.78 is 8.41. The van der Waals surface area contributed by atoms with Gasteiger partial charge >= 0.3 is 12.1 Å². The summed E-state index contributed by atoms with van der Waals surface area (Å²) in [5, 5.41) is 13.7. The van der Waals surface area contributed by atoms with Gasteiger partial charge in [-0.15, -0.1) is 0 Å². The molecule has 8 nitrogen and oxygen atoms in total. The molecule has 0 spiro atoms. The number of likely N-dealkylation sites (tertiary alicyclic amines) is 1. The van der Waals surface area contributed by atoms with Gasteiger partial charge in [0.1, 0.15) is 12.1 Å². The molecule has 4 rings (SSSR count). The third-order valence-electron chi connectivity index (χ3n) is 6.94. The monoisotopic (exact) mass is 547 g/mol. The van der Waals surface area contributed by atoms with Crippen LogP contribution in [0.3, 0.4) is 0 Å². The van der Waals surface area contributed by atoms with Crippen molar-refractivity contribution in [2.45, 2.75) is 65.0 Å². The maximum absolute atomic E-state index is 13.0. The third kappa shape index (κ3) is 6.00. The predicted molar refractivity (Wildman–Crippen MR) is 136 cm³/mol. The molecule has 1 aromatic carbocycles. The number of amides is 2. The Balaban J connectivity index is 1.38. The van der Waals surface area contributed by atoms with Crippen LogP contribution in [0.15, 0.2) is 22.7 Å². The average Bonchev–Trinajstić information content (AvgIpc) is 3.09. The first-order valence-electron chi connectivity index (χ1n) is 12.3. The molecular formula is C26H34BrN3O5. The molecule has 2 aliphatic rings. The molecule has 0 saturated carbocycles. The normalized spacial score (nSPS) is 18.9. The summed E-state index contributed by atoms with van der Waals surface area (Å²) in [7, 11) is 0. The minimum atomic E-state index is -0.782. The number of carboxylic acids is 1. The number of carboxylic acid groups (broad SMARTS) is 1. The summed E-state index contributed by atoms with van der Waals surface area (Å²) in [5.74, 6) is -0.983. The van der Waals surface area contributed by atoms with E-state index in [2.05, 4.69) is 27.3 Å². The molecule has 2 aromatic rings. The summed E-state index contributed by atoms with van der Waals surface area (Å²) >= 11 is 3.54. The first kappa shape index (κ1) is 25.5. The molecule has 1 aliphatic heterocycles. The number of aromatic nitrogens is 1. The molecule has 35 heavy (non-hydrogen) atoms. The number of fused-ring (bicyclic) bond motifs is 3. The Morgan fingerprint density at radius 2 is 1.89 bits per heavy atom. The number of aryl methyl sites for hydroxylation is 1. The number of aliphatic carboxylic acids is 1. The minimum Gasteiger partial charge on any atom is -0.481 e. The zero-order chi connectivity index (χ0) is 25.3. The number of carbonyl (C=O) groups excluding carboxylic acids is 2. The van der Waals surface area contributed by atoms with Crippen molar-refractivity contribution in [2.24, 2.45) is 11.8 Å². The lowest BCUT2D eigenvalue weighted by Gasteiger charge is -2.33. The van der Waals surface area contributed by atoms with E-state index < -0.39 is 17.5 Å². The highest BCUT2D eigenvalue weighted by Crippen LogP contribution is 2.35. The molecule has 1 atom stereocenters. The Morgan fingerprint density at radius 1 is 1.17 bits per heavy atom. The van der Waals surface area contributed by atoms with Gasteiger partial charge in [0.25, 0.3) is 0 Å². The van der Waals surface area contributed by atoms with Crippen LogP contribution in [-0.4, -0.2) is 57.8 Å². The van der Waals surface area contributed by atoms with Crippen LogP contribution >= 0.6 is 15.9 Å². The van der Waals surface area contributed by atoms with Crippen LogP contribution < -0.4 is 5.32 Å². The van der Waals surface area contributed by atoms with Gasteiger partial charge in [0.15, 0.2) is 0 Å². The number of ether oxygens (including phenoxy) is 1. The van der Waals surface area contributed by atoms with Gasteiger partial charge in [-0.05, 0) is 76.1 Å². The van der Waals surface area contributed by atoms with Gasteiger partial charge in [-0.25, -0.2) is 4.79 Å². The van der Waals surface area contributed by atoms with Gasteiger partial charge in [0, 0.05) is 47.1 Å². The zero-order valence-electron chi connectivity index (χ0n) is 20.6. The number of benzene rings is 1. The second-order valence-corrected chi connectivity index (χ2v) is 11.6. The molecule has 1 aliphatic carbocycles. The molecule has 9 heteroatoms. The average molecular weight is 548 g/mol. The zero-order valence-corrected chi connectivity index (χ0v) is 22.2. The summed E-state index contributed by atoms with van der Waals surface area (Å²) in [6.07, 6.45) is 3.10. The van der Waals surface area contributed by atoms with Crippen molar-refractivity contribution in [3.8, 4) is 0 Å². The summed E-state index contributed by atoms with van der Waals surface area (Å²) in [6, 6.07) is 6.00. The van der Waals surface area contributed by atoms with Crippen LogP contribution in [0, 0.1) is 11.8 Å². The highest BCUT2D eigenvalue weighted by atomic mass is 79.9. The smallest absolute Gasteiger partial charge is 0.410 e. The number of carbonyl (C=O) groups is 3. The van der Waals surface area contributed by atoms with Crippen molar-refractivity contribution < 1.29 is 24.2 Å². The van der Waals surface area contributed by atoms with Gasteiger partial charge in [-0.3, -0.25) is 9.59 Å². The second-order valence-electron chi connectivity index (χ2n) is 10.7. The molecule has 2 heterocycles. The highest BCUT2D eigenvalue weighted by Gasteiger charge is 2.30. The molecule has 2 amide bonds. The van der Waals surface area contributed by atoms with Crippen LogP contribution in [-0.2, 0) is 33.7 Å². The van der Waals surface area contributed by atoms with Crippen LogP contribution in [0.4, 0.5) is 4.79 Å². The van der Waals surface area contributed by atoms with E-state index in [9.17, 15) is 19.5 Å². The van der Waals surface area contributed by atoms with Crippen LogP contribution in [0.25, 0.3) is 10.9 Å². The van der Waals surface area contributed by atoms with Crippen molar-refractivity contribution >= 4 is 44.8 Å². The standard InChI is InChI=1S/C26H34BrN3O5/c1-26(2,3)35-25(34)29-10-8-16(9-11-29)14-28-23(31)15-30-21-7-5-18(27)13-20(21)19-6-4-17(24(32)33)12-22(19)30/h5,7,13,16-17H,4,6,8-12,14-15H2,1-3H3,(H,28,31)(H,32,33)/t17-/m1/s1. The van der Waals surface area contributed by atoms with Gasteiger partial charge in [-0.1, -0.05) is 15.9 Å². The number of halogens is 1. The van der Waals surface area contributed by atoms with E-state index in [4.69, 9.17) is 4.74 Å². The molecule has 190 valence electrons. The molecule has 1 fully saturated rings. The SMILES string of the molecule is CC(C)(C)OC(=O)N1CCC(CNC(=O)Cn2c3c(c4cc(Br)ccc42)CC[C@@H](C(=O)O)C3)CC1. The Bertz CT molecular complexity index is 1130. The van der Waals surface area contributed by atoms with Gasteiger partial charge in [0.2, 0.25) is 5.91 Å². The van der Waals surface area contributed by atoms with Crippen LogP contribution in [0.2, 0.25) is 0 Å². The quantitative estimate of drug-likeness (QED) is 0.579. The number of piperidine rings is 1. The first-order valence-corrected chi connectivity index (χ1v) is 13.1. The number of rotatable bonds is 5. The predicted octanol–water partition coefficient (Wildman–Crippen LogP) is 4.36. The fraction of sp³-hybridized carbons (Fsp3) is 0.577. The molecule has 1 aromatic heterocycles. The van der Waals surface area contributed by atoms with E-state index in [0.717, 1.165) is 39.5 Å². The molecular weight excluding hydrogens is 514 g/mol. The van der Waals surface area contributed by atoms with E-state index in [0.29, 0.717) is 44.8 Å². The maximum Gasteiger partial charge on any atom is 0.410 e. The van der Waals surface area contributed by atoms with Crippen LogP contribution in [0.1, 0.15) is 51.3 Å². The minimum absolute atomic E-state index is 0.0837. The molecule has 0 unspecified atom stereocenters. The Kier molecular flexibility index (Phi) is 7.45. The van der Waals surface area contributed by atoms with Gasteiger partial charge in [0.05, 0.1) is 5.92 Å². The molecule has 0 bridgehead atoms. The second kappa shape index (κ2) is 10.2. The Morgan fingerprint density at radius 3 is 2.54 bits per heavy atom. The van der Waals surface area contributed by atoms with Gasteiger partial charge < -0.3 is 24.6 Å². The fourth-order valence-corrected chi connectivity index (χ4v) is 5.47. The third-order valence-corrected chi connectivity index (χ3v) is 7.43.